The Morgan fingerprint density at radius 3 is 2.54 bits per heavy atom. The van der Waals surface area contributed by atoms with Gasteiger partial charge in [0.25, 0.3) is 0 Å². The summed E-state index contributed by atoms with van der Waals surface area (Å²) >= 11 is 7.59. The topological polar surface area (TPSA) is 23.8 Å². The van der Waals surface area contributed by atoms with Crippen LogP contribution >= 0.6 is 23.4 Å². The van der Waals surface area contributed by atoms with Crippen LogP contribution in [0.4, 0.5) is 0 Å². The molecule has 0 fully saturated rings. The Bertz CT molecular complexity index is 302. The van der Waals surface area contributed by atoms with E-state index in [9.17, 15) is 0 Å². The Kier molecular flexibility index (Phi) is 4.14. The monoisotopic (exact) mass is 211 g/mol. The molecule has 0 saturated heterocycles. The van der Waals surface area contributed by atoms with Gasteiger partial charge in [0.1, 0.15) is 0 Å². The molecule has 0 aromatic heterocycles. The van der Waals surface area contributed by atoms with Gasteiger partial charge in [-0.25, -0.2) is 0 Å². The van der Waals surface area contributed by atoms with Crippen LogP contribution in [0.5, 0.6) is 0 Å². The molecule has 0 amide bonds. The van der Waals surface area contributed by atoms with Gasteiger partial charge in [0.15, 0.2) is 0 Å². The summed E-state index contributed by atoms with van der Waals surface area (Å²) in [6.07, 6.45) is 0.937. The highest BCUT2D eigenvalue weighted by atomic mass is 35.5. The highest BCUT2D eigenvalue weighted by molar-refractivity contribution is 8.01. The number of alkyl halides is 1. The van der Waals surface area contributed by atoms with Crippen LogP contribution in [0.15, 0.2) is 29.2 Å². The summed E-state index contributed by atoms with van der Waals surface area (Å²) in [7, 11) is 0. The first kappa shape index (κ1) is 10.4. The van der Waals surface area contributed by atoms with Crippen molar-refractivity contribution in [2.24, 2.45) is 0 Å². The lowest BCUT2D eigenvalue weighted by molar-refractivity contribution is 1.05. The van der Waals surface area contributed by atoms with Crippen molar-refractivity contribution >= 4 is 23.4 Å². The van der Waals surface area contributed by atoms with Crippen LogP contribution < -0.4 is 0 Å². The number of hydrogen-bond acceptors (Lipinski definition) is 2. The van der Waals surface area contributed by atoms with Crippen LogP contribution in [0.3, 0.4) is 0 Å². The third-order valence-electron chi connectivity index (χ3n) is 1.57. The zero-order valence-electron chi connectivity index (χ0n) is 7.33. The summed E-state index contributed by atoms with van der Waals surface area (Å²) in [5.41, 5.74) is 0.687. The second-order valence-electron chi connectivity index (χ2n) is 2.57. The number of rotatable bonds is 3. The zero-order valence-corrected chi connectivity index (χ0v) is 8.90. The molecule has 0 aliphatic rings. The van der Waals surface area contributed by atoms with E-state index in [1.54, 1.807) is 11.8 Å². The first-order valence-electron chi connectivity index (χ1n) is 4.07. The standard InChI is InChI=1S/C10H10ClNS/c1-2-10(11)13-9-5-3-8(7-12)4-6-9/h3-6,10H,2H2,1H3. The van der Waals surface area contributed by atoms with E-state index < -0.39 is 0 Å². The van der Waals surface area contributed by atoms with E-state index in [1.165, 1.54) is 0 Å². The van der Waals surface area contributed by atoms with Gasteiger partial charge in [-0.3, -0.25) is 0 Å². The van der Waals surface area contributed by atoms with Crippen molar-refractivity contribution in [2.75, 3.05) is 0 Å². The quantitative estimate of drug-likeness (QED) is 0.563. The van der Waals surface area contributed by atoms with Crippen LogP contribution in [-0.2, 0) is 0 Å². The van der Waals surface area contributed by atoms with E-state index in [4.69, 9.17) is 16.9 Å². The summed E-state index contributed by atoms with van der Waals surface area (Å²) < 4.78 is 0.118. The van der Waals surface area contributed by atoms with Gasteiger partial charge >= 0.3 is 0 Å². The van der Waals surface area contributed by atoms with Gasteiger partial charge in [-0.05, 0) is 30.7 Å². The van der Waals surface area contributed by atoms with Crippen molar-refractivity contribution in [2.45, 2.75) is 22.9 Å². The zero-order chi connectivity index (χ0) is 9.68. The van der Waals surface area contributed by atoms with E-state index in [1.807, 2.05) is 31.2 Å². The molecule has 1 atom stereocenters. The average molecular weight is 212 g/mol. The first-order chi connectivity index (χ1) is 6.26. The molecule has 0 bridgehead atoms. The molecule has 1 aromatic rings. The van der Waals surface area contributed by atoms with E-state index in [-0.39, 0.29) is 4.71 Å². The summed E-state index contributed by atoms with van der Waals surface area (Å²) in [5, 5.41) is 8.57. The molecule has 3 heteroatoms. The van der Waals surface area contributed by atoms with Crippen molar-refractivity contribution in [3.63, 3.8) is 0 Å². The molecule has 0 heterocycles. The van der Waals surface area contributed by atoms with Gasteiger partial charge in [0.2, 0.25) is 0 Å². The van der Waals surface area contributed by atoms with Crippen LogP contribution in [0.2, 0.25) is 0 Å². The van der Waals surface area contributed by atoms with Gasteiger partial charge in [-0.1, -0.05) is 6.92 Å². The SMILES string of the molecule is CCC(Cl)Sc1ccc(C#N)cc1. The average Bonchev–Trinajstić information content (AvgIpc) is 2.19. The second kappa shape index (κ2) is 5.16. The van der Waals surface area contributed by atoms with Crippen molar-refractivity contribution in [3.05, 3.63) is 29.8 Å². The summed E-state index contributed by atoms with van der Waals surface area (Å²) in [6.45, 7) is 2.05. The van der Waals surface area contributed by atoms with Crippen molar-refractivity contribution in [3.8, 4) is 6.07 Å². The lowest BCUT2D eigenvalue weighted by Crippen LogP contribution is -1.87. The van der Waals surface area contributed by atoms with Gasteiger partial charge in [0.05, 0.1) is 16.3 Å². The number of benzene rings is 1. The van der Waals surface area contributed by atoms with Gasteiger partial charge < -0.3 is 0 Å². The molecule has 0 saturated carbocycles. The minimum absolute atomic E-state index is 0.118. The number of nitrogens with zero attached hydrogens (tertiary/aromatic N) is 1. The molecule has 68 valence electrons. The third kappa shape index (κ3) is 3.30. The molecule has 1 aromatic carbocycles. The largest absolute Gasteiger partial charge is 0.192 e. The first-order valence-corrected chi connectivity index (χ1v) is 5.38. The fourth-order valence-corrected chi connectivity index (χ4v) is 1.90. The second-order valence-corrected chi connectivity index (χ2v) is 4.63. The molecule has 0 spiro atoms. The fourth-order valence-electron chi connectivity index (χ4n) is 0.839. The summed E-state index contributed by atoms with van der Waals surface area (Å²) in [6, 6.07) is 9.54. The highest BCUT2D eigenvalue weighted by Crippen LogP contribution is 2.27. The maximum absolute atomic E-state index is 8.57. The molecule has 0 aliphatic heterocycles. The van der Waals surface area contributed by atoms with E-state index in [0.29, 0.717) is 5.56 Å². The van der Waals surface area contributed by atoms with Crippen LogP contribution in [0, 0.1) is 11.3 Å². The number of nitriles is 1. The van der Waals surface area contributed by atoms with Crippen LogP contribution in [0.1, 0.15) is 18.9 Å². The number of hydrogen-bond donors (Lipinski definition) is 0. The maximum atomic E-state index is 8.57. The van der Waals surface area contributed by atoms with Gasteiger partial charge in [0, 0.05) is 4.90 Å². The minimum atomic E-state index is 0.118. The van der Waals surface area contributed by atoms with Crippen LogP contribution in [-0.4, -0.2) is 4.71 Å². The Morgan fingerprint density at radius 1 is 1.46 bits per heavy atom. The van der Waals surface area contributed by atoms with Crippen LogP contribution in [0.25, 0.3) is 0 Å². The minimum Gasteiger partial charge on any atom is -0.192 e. The molecule has 0 N–H and O–H groups in total. The van der Waals surface area contributed by atoms with E-state index in [0.717, 1.165) is 11.3 Å². The Labute approximate surface area is 87.7 Å². The summed E-state index contributed by atoms with van der Waals surface area (Å²) in [4.78, 5) is 1.11. The molecule has 0 aliphatic carbocycles. The van der Waals surface area contributed by atoms with Crippen molar-refractivity contribution < 1.29 is 0 Å². The number of thioether (sulfide) groups is 1. The Balaban J connectivity index is 2.65. The molecule has 1 rings (SSSR count). The maximum Gasteiger partial charge on any atom is 0.0991 e. The predicted molar refractivity (Wildman–Crippen MR) is 56.9 cm³/mol. The fraction of sp³-hybridized carbons (Fsp3) is 0.300. The van der Waals surface area contributed by atoms with Crippen molar-refractivity contribution in [1.29, 1.82) is 5.26 Å². The normalized spacial score (nSPS) is 12.1. The molecular weight excluding hydrogens is 202 g/mol. The lowest BCUT2D eigenvalue weighted by atomic mass is 10.2. The van der Waals surface area contributed by atoms with Gasteiger partial charge in [-0.2, -0.15) is 5.26 Å². The Hall–Kier alpha value is -0.650. The van der Waals surface area contributed by atoms with Crippen molar-refractivity contribution in [1.82, 2.24) is 0 Å². The third-order valence-corrected chi connectivity index (χ3v) is 3.28. The molecule has 13 heavy (non-hydrogen) atoms. The lowest BCUT2D eigenvalue weighted by Gasteiger charge is -2.05. The summed E-state index contributed by atoms with van der Waals surface area (Å²) in [5.74, 6) is 0. The number of halogens is 1. The Morgan fingerprint density at radius 2 is 2.08 bits per heavy atom. The van der Waals surface area contributed by atoms with Gasteiger partial charge in [-0.15, -0.1) is 23.4 Å². The molecular formula is C10H10ClNS. The highest BCUT2D eigenvalue weighted by Gasteiger charge is 2.02. The molecule has 0 radical (unpaired) electrons. The van der Waals surface area contributed by atoms with E-state index in [2.05, 4.69) is 6.07 Å². The predicted octanol–water partition coefficient (Wildman–Crippen LogP) is 3.63. The van der Waals surface area contributed by atoms with E-state index >= 15 is 0 Å². The molecule has 1 unspecified atom stereocenters. The molecule has 1 nitrogen and oxygen atoms in total. The smallest absolute Gasteiger partial charge is 0.0991 e.